The van der Waals surface area contributed by atoms with Gasteiger partial charge in [-0.3, -0.25) is 19.8 Å². The quantitative estimate of drug-likeness (QED) is 0.608. The third-order valence-electron chi connectivity index (χ3n) is 4.84. The smallest absolute Gasteiger partial charge is 0.433 e. The first kappa shape index (κ1) is 17.2. The second kappa shape index (κ2) is 6.73. The number of piperidine rings is 1. The molecule has 2 aliphatic heterocycles. The van der Waals surface area contributed by atoms with E-state index in [0.717, 1.165) is 0 Å². The van der Waals surface area contributed by atoms with Crippen molar-refractivity contribution in [1.29, 1.82) is 0 Å². The molecular weight excluding hydrogens is 330 g/mol. The van der Waals surface area contributed by atoms with Crippen molar-refractivity contribution in [2.75, 3.05) is 19.7 Å². The average Bonchev–Trinajstić information content (AvgIpc) is 3.21. The van der Waals surface area contributed by atoms with Gasteiger partial charge in [-0.15, -0.1) is 0 Å². The Morgan fingerprint density at radius 2 is 2.00 bits per heavy atom. The van der Waals surface area contributed by atoms with Crippen LogP contribution in [0.2, 0.25) is 0 Å². The predicted octanol–water partition coefficient (Wildman–Crippen LogP) is 2.27. The van der Waals surface area contributed by atoms with Gasteiger partial charge in [0.05, 0.1) is 12.1 Å². The van der Waals surface area contributed by atoms with Gasteiger partial charge in [0.1, 0.15) is 11.5 Å². The van der Waals surface area contributed by atoms with E-state index < -0.39 is 10.8 Å². The van der Waals surface area contributed by atoms with Crippen molar-refractivity contribution < 1.29 is 23.7 Å². The lowest BCUT2D eigenvalue weighted by Crippen LogP contribution is -2.50. The molecule has 0 aliphatic carbocycles. The number of hydrogen-bond acceptors (Lipinski definition) is 6. The van der Waals surface area contributed by atoms with E-state index in [9.17, 15) is 19.7 Å². The summed E-state index contributed by atoms with van der Waals surface area (Å²) in [4.78, 5) is 37.8. The number of ether oxygens (including phenoxy) is 1. The molecule has 2 saturated heterocycles. The van der Waals surface area contributed by atoms with E-state index in [1.165, 1.54) is 12.1 Å². The highest BCUT2D eigenvalue weighted by Crippen LogP contribution is 2.28. The summed E-state index contributed by atoms with van der Waals surface area (Å²) in [5, 5.41) is 10.7. The molecule has 1 aromatic rings. The van der Waals surface area contributed by atoms with Crippen LogP contribution in [0, 0.1) is 16.0 Å². The summed E-state index contributed by atoms with van der Waals surface area (Å²) in [6.45, 7) is 5.45. The normalized spacial score (nSPS) is 21.7. The molecule has 1 unspecified atom stereocenters. The summed E-state index contributed by atoms with van der Waals surface area (Å²) in [6.07, 6.45) is 1.00. The van der Waals surface area contributed by atoms with Gasteiger partial charge >= 0.3 is 12.0 Å². The number of carbonyl (C=O) groups excluding carboxylic acids is 2. The second-order valence-corrected chi connectivity index (χ2v) is 6.71. The number of rotatable bonds is 4. The molecular formula is C16H21N3O6. The summed E-state index contributed by atoms with van der Waals surface area (Å²) < 4.78 is 10.2. The summed E-state index contributed by atoms with van der Waals surface area (Å²) >= 11 is 0. The van der Waals surface area contributed by atoms with Gasteiger partial charge < -0.3 is 14.1 Å². The van der Waals surface area contributed by atoms with E-state index >= 15 is 0 Å². The minimum absolute atomic E-state index is 0.0363. The fourth-order valence-electron chi connectivity index (χ4n) is 3.42. The second-order valence-electron chi connectivity index (χ2n) is 6.71. The lowest BCUT2D eigenvalue weighted by Gasteiger charge is -2.38. The van der Waals surface area contributed by atoms with Crippen LogP contribution in [0.4, 0.5) is 10.7 Å². The van der Waals surface area contributed by atoms with E-state index in [2.05, 4.69) is 13.8 Å². The maximum Gasteiger partial charge on any atom is 0.433 e. The van der Waals surface area contributed by atoms with Gasteiger partial charge in [0.15, 0.2) is 5.76 Å². The molecule has 136 valence electrons. The van der Waals surface area contributed by atoms with Crippen molar-refractivity contribution in [2.45, 2.75) is 38.8 Å². The Hall–Kier alpha value is -2.58. The number of cyclic esters (lactones) is 1. The molecule has 0 aromatic carbocycles. The number of carbonyl (C=O) groups is 2. The van der Waals surface area contributed by atoms with Gasteiger partial charge in [-0.05, 0) is 24.8 Å². The Balaban J connectivity index is 1.62. The largest absolute Gasteiger partial charge is 0.447 e. The molecule has 2 aliphatic rings. The number of amides is 2. The van der Waals surface area contributed by atoms with Crippen LogP contribution >= 0.6 is 0 Å². The Morgan fingerprint density at radius 3 is 2.56 bits per heavy atom. The average molecular weight is 351 g/mol. The molecule has 0 radical (unpaired) electrons. The molecule has 0 N–H and O–H groups in total. The first-order chi connectivity index (χ1) is 11.9. The Bertz CT molecular complexity index is 677. The van der Waals surface area contributed by atoms with Crippen molar-refractivity contribution in [3.8, 4) is 0 Å². The van der Waals surface area contributed by atoms with Gasteiger partial charge in [-0.1, -0.05) is 13.8 Å². The summed E-state index contributed by atoms with van der Waals surface area (Å²) in [6, 6.07) is 2.59. The molecule has 2 fully saturated rings. The van der Waals surface area contributed by atoms with E-state index in [1.54, 1.807) is 4.90 Å². The first-order valence-electron chi connectivity index (χ1n) is 8.37. The van der Waals surface area contributed by atoms with Crippen molar-refractivity contribution in [3.05, 3.63) is 28.0 Å². The Morgan fingerprint density at radius 1 is 1.32 bits per heavy atom. The van der Waals surface area contributed by atoms with Gasteiger partial charge in [0.2, 0.25) is 0 Å². The summed E-state index contributed by atoms with van der Waals surface area (Å²) in [5.41, 5.74) is 0. The molecule has 3 heterocycles. The zero-order chi connectivity index (χ0) is 18.1. The predicted molar refractivity (Wildman–Crippen MR) is 86.1 cm³/mol. The topological polar surface area (TPSA) is 106 Å². The number of nitro groups is 1. The molecule has 9 heteroatoms. The zero-order valence-electron chi connectivity index (χ0n) is 14.2. The molecule has 1 aromatic heterocycles. The standard InChI is InChI=1S/C16H21N3O6/c1-10(2)12-9-24-16(21)18(12)11-5-7-17(8-6-11)15(20)13-3-4-14(25-13)19(22)23/h3-4,10-12H,5-9H2,1-2H3. The lowest BCUT2D eigenvalue weighted by molar-refractivity contribution is -0.402. The van der Waals surface area contributed by atoms with Crippen molar-refractivity contribution in [2.24, 2.45) is 5.92 Å². The maximum atomic E-state index is 12.4. The zero-order valence-corrected chi connectivity index (χ0v) is 14.2. The van der Waals surface area contributed by atoms with Crippen LogP contribution in [-0.4, -0.2) is 58.5 Å². The molecule has 3 rings (SSSR count). The highest BCUT2D eigenvalue weighted by molar-refractivity contribution is 5.91. The van der Waals surface area contributed by atoms with Crippen molar-refractivity contribution >= 4 is 17.9 Å². The third kappa shape index (κ3) is 3.31. The summed E-state index contributed by atoms with van der Waals surface area (Å²) in [5.74, 6) is -0.547. The Labute approximate surface area is 144 Å². The van der Waals surface area contributed by atoms with E-state index in [1.807, 2.05) is 4.90 Å². The van der Waals surface area contributed by atoms with Crippen LogP contribution in [0.5, 0.6) is 0 Å². The molecule has 0 bridgehead atoms. The monoisotopic (exact) mass is 351 g/mol. The van der Waals surface area contributed by atoms with Gasteiger partial charge in [0, 0.05) is 19.1 Å². The van der Waals surface area contributed by atoms with Gasteiger partial charge in [-0.2, -0.15) is 0 Å². The minimum Gasteiger partial charge on any atom is -0.447 e. The first-order valence-corrected chi connectivity index (χ1v) is 8.37. The Kier molecular flexibility index (Phi) is 4.65. The van der Waals surface area contributed by atoms with Crippen LogP contribution in [0.3, 0.4) is 0 Å². The van der Waals surface area contributed by atoms with E-state index in [-0.39, 0.29) is 29.8 Å². The lowest BCUT2D eigenvalue weighted by atomic mass is 9.97. The number of nitrogens with zero attached hydrogens (tertiary/aromatic N) is 3. The molecule has 25 heavy (non-hydrogen) atoms. The molecule has 2 amide bonds. The van der Waals surface area contributed by atoms with Crippen LogP contribution in [-0.2, 0) is 4.74 Å². The van der Waals surface area contributed by atoms with Gasteiger partial charge in [0.25, 0.3) is 5.91 Å². The van der Waals surface area contributed by atoms with Crippen molar-refractivity contribution in [3.63, 3.8) is 0 Å². The minimum atomic E-state index is -0.673. The highest BCUT2D eigenvalue weighted by Gasteiger charge is 2.41. The molecule has 0 saturated carbocycles. The SMILES string of the molecule is CC(C)C1COC(=O)N1C1CCN(C(=O)c2ccc([N+](=O)[O-])o2)CC1. The van der Waals surface area contributed by atoms with Crippen LogP contribution in [0.15, 0.2) is 16.5 Å². The van der Waals surface area contributed by atoms with Crippen LogP contribution in [0.1, 0.15) is 37.2 Å². The van der Waals surface area contributed by atoms with Crippen molar-refractivity contribution in [1.82, 2.24) is 9.80 Å². The van der Waals surface area contributed by atoms with E-state index in [0.29, 0.717) is 38.5 Å². The third-order valence-corrected chi connectivity index (χ3v) is 4.84. The van der Waals surface area contributed by atoms with Crippen LogP contribution < -0.4 is 0 Å². The molecule has 9 nitrogen and oxygen atoms in total. The van der Waals surface area contributed by atoms with Crippen LogP contribution in [0.25, 0.3) is 0 Å². The van der Waals surface area contributed by atoms with E-state index in [4.69, 9.17) is 9.15 Å². The number of likely N-dealkylation sites (tertiary alicyclic amines) is 1. The fraction of sp³-hybridized carbons (Fsp3) is 0.625. The van der Waals surface area contributed by atoms with Gasteiger partial charge in [-0.25, -0.2) is 4.79 Å². The number of furan rings is 1. The fourth-order valence-corrected chi connectivity index (χ4v) is 3.42. The molecule has 1 atom stereocenters. The summed E-state index contributed by atoms with van der Waals surface area (Å²) in [7, 11) is 0. The number of hydrogen-bond donors (Lipinski definition) is 0. The molecule has 0 spiro atoms. The highest BCUT2D eigenvalue weighted by atomic mass is 16.6. The maximum absolute atomic E-state index is 12.4.